The third-order valence-electron chi connectivity index (χ3n) is 2.70. The van der Waals surface area contributed by atoms with E-state index in [1.807, 2.05) is 30.1 Å². The molecule has 0 aromatic carbocycles. The first-order valence-electron chi connectivity index (χ1n) is 5.89. The van der Waals surface area contributed by atoms with Gasteiger partial charge < -0.3 is 10.0 Å². The number of nitrogens with zero attached hydrogens (tertiary/aromatic N) is 3. The number of aromatic carboxylic acids is 1. The molecular formula is C14H15N3O2. The molecule has 0 radical (unpaired) electrons. The second-order valence-corrected chi connectivity index (χ2v) is 4.34. The zero-order chi connectivity index (χ0) is 13.8. The van der Waals surface area contributed by atoms with Gasteiger partial charge in [-0.3, -0.25) is 4.98 Å². The van der Waals surface area contributed by atoms with E-state index >= 15 is 0 Å². The molecule has 2 aromatic rings. The average Bonchev–Trinajstić information content (AvgIpc) is 2.39. The van der Waals surface area contributed by atoms with Crippen LogP contribution >= 0.6 is 0 Å². The molecule has 0 saturated heterocycles. The van der Waals surface area contributed by atoms with E-state index in [9.17, 15) is 4.79 Å². The summed E-state index contributed by atoms with van der Waals surface area (Å²) in [7, 11) is 1.86. The van der Waals surface area contributed by atoms with Gasteiger partial charge in [-0.15, -0.1) is 0 Å². The first kappa shape index (κ1) is 13.0. The molecule has 0 bridgehead atoms. The molecule has 2 heterocycles. The maximum Gasteiger partial charge on any atom is 0.335 e. The van der Waals surface area contributed by atoms with E-state index in [0.29, 0.717) is 18.1 Å². The predicted molar refractivity (Wildman–Crippen MR) is 72.3 cm³/mol. The van der Waals surface area contributed by atoms with E-state index in [2.05, 4.69) is 9.97 Å². The Morgan fingerprint density at radius 2 is 2.16 bits per heavy atom. The molecule has 5 nitrogen and oxygen atoms in total. The predicted octanol–water partition coefficient (Wildman–Crippen LogP) is 2.12. The Balaban J connectivity index is 2.24. The molecule has 0 aliphatic heterocycles. The summed E-state index contributed by atoms with van der Waals surface area (Å²) in [4.78, 5) is 21.5. The summed E-state index contributed by atoms with van der Waals surface area (Å²) in [5.74, 6) is -0.318. The highest BCUT2D eigenvalue weighted by Gasteiger charge is 2.10. The molecule has 0 aliphatic rings. The SMILES string of the molecule is Cc1cc(C(=O)O)cc(N(C)Cc2ccccn2)n1. The molecule has 0 unspecified atom stereocenters. The van der Waals surface area contributed by atoms with Crippen LogP contribution in [0.15, 0.2) is 36.5 Å². The van der Waals surface area contributed by atoms with Gasteiger partial charge in [0, 0.05) is 18.9 Å². The summed E-state index contributed by atoms with van der Waals surface area (Å²) in [6.07, 6.45) is 1.73. The van der Waals surface area contributed by atoms with E-state index in [4.69, 9.17) is 5.11 Å². The maximum atomic E-state index is 11.0. The van der Waals surface area contributed by atoms with Gasteiger partial charge in [-0.1, -0.05) is 6.07 Å². The van der Waals surface area contributed by atoms with Crippen molar-refractivity contribution in [3.8, 4) is 0 Å². The van der Waals surface area contributed by atoms with Crippen molar-refractivity contribution >= 4 is 11.8 Å². The molecule has 0 spiro atoms. The minimum Gasteiger partial charge on any atom is -0.478 e. The van der Waals surface area contributed by atoms with E-state index in [-0.39, 0.29) is 5.56 Å². The lowest BCUT2D eigenvalue weighted by Gasteiger charge is -2.18. The van der Waals surface area contributed by atoms with Crippen molar-refractivity contribution in [1.82, 2.24) is 9.97 Å². The van der Waals surface area contributed by atoms with Crippen molar-refractivity contribution in [2.75, 3.05) is 11.9 Å². The van der Waals surface area contributed by atoms with Crippen LogP contribution in [0, 0.1) is 6.92 Å². The lowest BCUT2D eigenvalue weighted by Crippen LogP contribution is -2.19. The largest absolute Gasteiger partial charge is 0.478 e. The van der Waals surface area contributed by atoms with Crippen molar-refractivity contribution < 1.29 is 9.90 Å². The standard InChI is InChI=1S/C14H15N3O2/c1-10-7-11(14(18)19)8-13(16-10)17(2)9-12-5-3-4-6-15-12/h3-8H,9H2,1-2H3,(H,18,19). The maximum absolute atomic E-state index is 11.0. The van der Waals surface area contributed by atoms with Gasteiger partial charge in [-0.05, 0) is 31.2 Å². The number of pyridine rings is 2. The van der Waals surface area contributed by atoms with E-state index in [1.165, 1.54) is 0 Å². The lowest BCUT2D eigenvalue weighted by molar-refractivity contribution is 0.0696. The second kappa shape index (κ2) is 5.48. The van der Waals surface area contributed by atoms with Crippen molar-refractivity contribution in [3.05, 3.63) is 53.5 Å². The van der Waals surface area contributed by atoms with Crippen LogP contribution in [0.4, 0.5) is 5.82 Å². The number of aromatic nitrogens is 2. The van der Waals surface area contributed by atoms with Gasteiger partial charge in [-0.2, -0.15) is 0 Å². The number of anilines is 1. The Bertz CT molecular complexity index is 584. The van der Waals surface area contributed by atoms with Crippen molar-refractivity contribution in [3.63, 3.8) is 0 Å². The fraction of sp³-hybridized carbons (Fsp3) is 0.214. The zero-order valence-corrected chi connectivity index (χ0v) is 10.9. The molecule has 0 fully saturated rings. The van der Waals surface area contributed by atoms with Gasteiger partial charge in [0.1, 0.15) is 5.82 Å². The minimum absolute atomic E-state index is 0.246. The molecular weight excluding hydrogens is 242 g/mol. The molecule has 0 amide bonds. The molecule has 1 N–H and O–H groups in total. The molecule has 5 heteroatoms. The van der Waals surface area contributed by atoms with Crippen LogP contribution in [-0.4, -0.2) is 28.1 Å². The zero-order valence-electron chi connectivity index (χ0n) is 10.9. The summed E-state index contributed by atoms with van der Waals surface area (Å²) in [6.45, 7) is 2.36. The number of carbonyl (C=O) groups is 1. The highest BCUT2D eigenvalue weighted by Crippen LogP contribution is 2.15. The molecule has 2 aromatic heterocycles. The first-order valence-corrected chi connectivity index (χ1v) is 5.89. The van der Waals surface area contributed by atoms with Crippen LogP contribution in [0.3, 0.4) is 0 Å². The summed E-state index contributed by atoms with van der Waals surface area (Å²) in [5, 5.41) is 9.05. The van der Waals surface area contributed by atoms with E-state index < -0.39 is 5.97 Å². The van der Waals surface area contributed by atoms with Crippen LogP contribution in [0.5, 0.6) is 0 Å². The van der Waals surface area contributed by atoms with Gasteiger partial charge in [-0.25, -0.2) is 9.78 Å². The molecule has 19 heavy (non-hydrogen) atoms. The van der Waals surface area contributed by atoms with Crippen molar-refractivity contribution in [1.29, 1.82) is 0 Å². The number of aryl methyl sites for hydroxylation is 1. The van der Waals surface area contributed by atoms with Gasteiger partial charge in [0.25, 0.3) is 0 Å². The topological polar surface area (TPSA) is 66.3 Å². The van der Waals surface area contributed by atoms with Gasteiger partial charge in [0.15, 0.2) is 0 Å². The number of rotatable bonds is 4. The van der Waals surface area contributed by atoms with Crippen LogP contribution in [0.25, 0.3) is 0 Å². The van der Waals surface area contributed by atoms with Crippen LogP contribution < -0.4 is 4.90 Å². The van der Waals surface area contributed by atoms with Crippen molar-refractivity contribution in [2.24, 2.45) is 0 Å². The van der Waals surface area contributed by atoms with Gasteiger partial charge in [0.2, 0.25) is 0 Å². The highest BCUT2D eigenvalue weighted by atomic mass is 16.4. The highest BCUT2D eigenvalue weighted by molar-refractivity contribution is 5.88. The number of carboxylic acid groups (broad SMARTS) is 1. The Kier molecular flexibility index (Phi) is 3.75. The van der Waals surface area contributed by atoms with Crippen LogP contribution in [0.1, 0.15) is 21.7 Å². The molecule has 0 aliphatic carbocycles. The summed E-state index contributed by atoms with van der Waals surface area (Å²) >= 11 is 0. The van der Waals surface area contributed by atoms with Gasteiger partial charge >= 0.3 is 5.97 Å². The lowest BCUT2D eigenvalue weighted by atomic mass is 10.2. The Labute approximate surface area is 111 Å². The Morgan fingerprint density at radius 3 is 2.79 bits per heavy atom. The molecule has 2 rings (SSSR count). The minimum atomic E-state index is -0.946. The molecule has 98 valence electrons. The summed E-state index contributed by atoms with van der Waals surface area (Å²) in [5.41, 5.74) is 1.84. The average molecular weight is 257 g/mol. The molecule has 0 atom stereocenters. The van der Waals surface area contributed by atoms with Crippen LogP contribution in [-0.2, 0) is 6.54 Å². The van der Waals surface area contributed by atoms with Crippen LogP contribution in [0.2, 0.25) is 0 Å². The van der Waals surface area contributed by atoms with Gasteiger partial charge in [0.05, 0.1) is 17.8 Å². The quantitative estimate of drug-likeness (QED) is 0.908. The second-order valence-electron chi connectivity index (χ2n) is 4.34. The Morgan fingerprint density at radius 1 is 1.37 bits per heavy atom. The molecule has 0 saturated carbocycles. The smallest absolute Gasteiger partial charge is 0.335 e. The van der Waals surface area contributed by atoms with Crippen molar-refractivity contribution in [2.45, 2.75) is 13.5 Å². The van der Waals surface area contributed by atoms with E-state index in [1.54, 1.807) is 25.3 Å². The Hall–Kier alpha value is -2.43. The summed E-state index contributed by atoms with van der Waals surface area (Å²) < 4.78 is 0. The third-order valence-corrected chi connectivity index (χ3v) is 2.70. The third kappa shape index (κ3) is 3.28. The number of hydrogen-bond acceptors (Lipinski definition) is 4. The number of carboxylic acids is 1. The number of hydrogen-bond donors (Lipinski definition) is 1. The van der Waals surface area contributed by atoms with E-state index in [0.717, 1.165) is 5.69 Å². The first-order chi connectivity index (χ1) is 9.06. The summed E-state index contributed by atoms with van der Waals surface area (Å²) in [6, 6.07) is 8.82. The fourth-order valence-corrected chi connectivity index (χ4v) is 1.79. The monoisotopic (exact) mass is 257 g/mol. The fourth-order valence-electron chi connectivity index (χ4n) is 1.79. The normalized spacial score (nSPS) is 10.2.